The van der Waals surface area contributed by atoms with Gasteiger partial charge in [0.15, 0.2) is 0 Å². The lowest BCUT2D eigenvalue weighted by Gasteiger charge is -2.18. The van der Waals surface area contributed by atoms with Crippen LogP contribution in [0.2, 0.25) is 0 Å². The molecule has 2 aromatic rings. The van der Waals surface area contributed by atoms with E-state index in [9.17, 15) is 4.79 Å². The molecule has 0 saturated carbocycles. The zero-order valence-corrected chi connectivity index (χ0v) is 10.9. The van der Waals surface area contributed by atoms with E-state index in [4.69, 9.17) is 0 Å². The van der Waals surface area contributed by atoms with Crippen LogP contribution in [0, 0.1) is 13.8 Å². The fourth-order valence-corrected chi connectivity index (χ4v) is 1.74. The molecule has 94 valence electrons. The molecule has 18 heavy (non-hydrogen) atoms. The molecular weight excluding hydrogens is 226 g/mol. The quantitative estimate of drug-likeness (QED) is 0.897. The van der Waals surface area contributed by atoms with E-state index < -0.39 is 0 Å². The highest BCUT2D eigenvalue weighted by Gasteiger charge is 2.08. The van der Waals surface area contributed by atoms with Crippen LogP contribution in [0.5, 0.6) is 0 Å². The van der Waals surface area contributed by atoms with Gasteiger partial charge in [-0.2, -0.15) is 0 Å². The summed E-state index contributed by atoms with van der Waals surface area (Å²) < 4.78 is 0. The number of H-pyrrole nitrogens is 1. The largest absolute Gasteiger partial charge is 0.341 e. The predicted octanol–water partition coefficient (Wildman–Crippen LogP) is 2.02. The molecule has 0 aliphatic heterocycles. The summed E-state index contributed by atoms with van der Waals surface area (Å²) >= 11 is 0. The third kappa shape index (κ3) is 2.59. The van der Waals surface area contributed by atoms with E-state index in [1.165, 1.54) is 5.56 Å². The molecule has 0 radical (unpaired) electrons. The molecule has 0 atom stereocenters. The summed E-state index contributed by atoms with van der Waals surface area (Å²) in [6, 6.07) is 10.1. The first kappa shape index (κ1) is 12.4. The molecule has 1 aromatic carbocycles. The van der Waals surface area contributed by atoms with E-state index >= 15 is 0 Å². The highest BCUT2D eigenvalue weighted by Crippen LogP contribution is 2.10. The summed E-state index contributed by atoms with van der Waals surface area (Å²) in [4.78, 5) is 20.8. The van der Waals surface area contributed by atoms with Crippen molar-refractivity contribution in [2.45, 2.75) is 20.4 Å². The first-order valence-electron chi connectivity index (χ1n) is 5.90. The first-order valence-corrected chi connectivity index (χ1v) is 5.90. The lowest BCUT2D eigenvalue weighted by molar-refractivity contribution is 0.846. The van der Waals surface area contributed by atoms with E-state index in [0.29, 0.717) is 18.1 Å². The van der Waals surface area contributed by atoms with Crippen LogP contribution < -0.4 is 10.5 Å². The molecule has 1 N–H and O–H groups in total. The molecule has 2 rings (SSSR count). The summed E-state index contributed by atoms with van der Waals surface area (Å²) in [5, 5.41) is 0. The normalized spacial score (nSPS) is 10.4. The Balaban J connectivity index is 2.24. The van der Waals surface area contributed by atoms with E-state index in [2.05, 4.69) is 22.1 Å². The van der Waals surface area contributed by atoms with E-state index in [-0.39, 0.29) is 5.56 Å². The fraction of sp³-hybridized carbons (Fsp3) is 0.286. The Hall–Kier alpha value is -2.10. The van der Waals surface area contributed by atoms with Gasteiger partial charge in [-0.3, -0.25) is 9.78 Å². The summed E-state index contributed by atoms with van der Waals surface area (Å²) in [5.41, 5.74) is 2.55. The molecule has 0 saturated heterocycles. The minimum Gasteiger partial charge on any atom is -0.341 e. The average molecular weight is 243 g/mol. The third-order valence-corrected chi connectivity index (χ3v) is 3.01. The minimum absolute atomic E-state index is 0.0718. The Morgan fingerprint density at radius 3 is 2.50 bits per heavy atom. The zero-order chi connectivity index (χ0) is 13.1. The van der Waals surface area contributed by atoms with E-state index in [1.54, 1.807) is 6.92 Å². The van der Waals surface area contributed by atoms with Crippen molar-refractivity contribution in [2.75, 3.05) is 11.9 Å². The van der Waals surface area contributed by atoms with Crippen molar-refractivity contribution < 1.29 is 0 Å². The van der Waals surface area contributed by atoms with Gasteiger partial charge < -0.3 is 4.90 Å². The number of hydrogen-bond donors (Lipinski definition) is 1. The van der Waals surface area contributed by atoms with Gasteiger partial charge in [0, 0.05) is 24.8 Å². The SMILES string of the molecule is Cc1nc(N(C)Cc2ccccc2)[nH]c(=O)c1C. The van der Waals surface area contributed by atoms with Crippen LogP contribution >= 0.6 is 0 Å². The van der Waals surface area contributed by atoms with Gasteiger partial charge in [-0.05, 0) is 19.4 Å². The van der Waals surface area contributed by atoms with E-state index in [0.717, 1.165) is 5.69 Å². The maximum atomic E-state index is 11.7. The van der Waals surface area contributed by atoms with Gasteiger partial charge in [0.05, 0.1) is 0 Å². The predicted molar refractivity (Wildman–Crippen MR) is 72.9 cm³/mol. The van der Waals surface area contributed by atoms with Crippen LogP contribution in [-0.4, -0.2) is 17.0 Å². The van der Waals surface area contributed by atoms with Crippen molar-refractivity contribution in [2.24, 2.45) is 0 Å². The molecule has 0 bridgehead atoms. The third-order valence-electron chi connectivity index (χ3n) is 3.01. The summed E-state index contributed by atoms with van der Waals surface area (Å²) in [7, 11) is 1.92. The highest BCUT2D eigenvalue weighted by molar-refractivity contribution is 5.33. The first-order chi connectivity index (χ1) is 8.58. The molecule has 4 heteroatoms. The minimum atomic E-state index is -0.0718. The van der Waals surface area contributed by atoms with Crippen LogP contribution in [0.15, 0.2) is 35.1 Å². The van der Waals surface area contributed by atoms with Crippen molar-refractivity contribution in [3.63, 3.8) is 0 Å². The van der Waals surface area contributed by atoms with Crippen LogP contribution in [0.1, 0.15) is 16.8 Å². The maximum Gasteiger partial charge on any atom is 0.255 e. The van der Waals surface area contributed by atoms with Gasteiger partial charge in [-0.25, -0.2) is 4.98 Å². The molecule has 0 spiro atoms. The van der Waals surface area contributed by atoms with Gasteiger partial charge >= 0.3 is 0 Å². The zero-order valence-electron chi connectivity index (χ0n) is 10.9. The lowest BCUT2D eigenvalue weighted by atomic mass is 10.2. The van der Waals surface area contributed by atoms with Gasteiger partial charge in [0.2, 0.25) is 5.95 Å². The van der Waals surface area contributed by atoms with Crippen LogP contribution in [0.25, 0.3) is 0 Å². The Labute approximate surface area is 106 Å². The number of benzene rings is 1. The molecule has 0 unspecified atom stereocenters. The molecule has 4 nitrogen and oxygen atoms in total. The number of rotatable bonds is 3. The molecule has 0 fully saturated rings. The number of nitrogens with one attached hydrogen (secondary N) is 1. The van der Waals surface area contributed by atoms with Crippen LogP contribution in [0.4, 0.5) is 5.95 Å². The number of aryl methyl sites for hydroxylation is 1. The maximum absolute atomic E-state index is 11.7. The highest BCUT2D eigenvalue weighted by atomic mass is 16.1. The van der Waals surface area contributed by atoms with Crippen molar-refractivity contribution in [3.05, 3.63) is 57.5 Å². The van der Waals surface area contributed by atoms with Crippen molar-refractivity contribution >= 4 is 5.95 Å². The molecule has 1 heterocycles. The number of aromatic amines is 1. The summed E-state index contributed by atoms with van der Waals surface area (Å²) in [5.74, 6) is 0.604. The van der Waals surface area contributed by atoms with Gasteiger partial charge in [-0.15, -0.1) is 0 Å². The Kier molecular flexibility index (Phi) is 3.46. The second kappa shape index (κ2) is 5.04. The second-order valence-electron chi connectivity index (χ2n) is 4.44. The van der Waals surface area contributed by atoms with Gasteiger partial charge in [0.25, 0.3) is 5.56 Å². The molecular formula is C14H17N3O. The summed E-state index contributed by atoms with van der Waals surface area (Å²) in [6.07, 6.45) is 0. The van der Waals surface area contributed by atoms with E-state index in [1.807, 2.05) is 37.1 Å². The average Bonchev–Trinajstić information content (AvgIpc) is 2.36. The molecule has 0 amide bonds. The monoisotopic (exact) mass is 243 g/mol. The summed E-state index contributed by atoms with van der Waals surface area (Å²) in [6.45, 7) is 4.35. The Morgan fingerprint density at radius 2 is 1.89 bits per heavy atom. The number of hydrogen-bond acceptors (Lipinski definition) is 3. The number of nitrogens with zero attached hydrogens (tertiary/aromatic N) is 2. The number of aromatic nitrogens is 2. The molecule has 1 aromatic heterocycles. The van der Waals surface area contributed by atoms with Crippen molar-refractivity contribution in [1.29, 1.82) is 0 Å². The second-order valence-corrected chi connectivity index (χ2v) is 4.44. The van der Waals surface area contributed by atoms with Gasteiger partial charge in [0.1, 0.15) is 0 Å². The smallest absolute Gasteiger partial charge is 0.255 e. The molecule has 0 aliphatic carbocycles. The standard InChI is InChI=1S/C14H17N3O/c1-10-11(2)15-14(16-13(10)18)17(3)9-12-7-5-4-6-8-12/h4-8H,9H2,1-3H3,(H,15,16,18). The van der Waals surface area contributed by atoms with Crippen LogP contribution in [-0.2, 0) is 6.54 Å². The van der Waals surface area contributed by atoms with Crippen molar-refractivity contribution in [3.8, 4) is 0 Å². The topological polar surface area (TPSA) is 49.0 Å². The molecule has 0 aliphatic rings. The van der Waals surface area contributed by atoms with Crippen molar-refractivity contribution in [1.82, 2.24) is 9.97 Å². The fourth-order valence-electron chi connectivity index (χ4n) is 1.74. The Morgan fingerprint density at radius 1 is 1.22 bits per heavy atom. The van der Waals surface area contributed by atoms with Gasteiger partial charge in [-0.1, -0.05) is 30.3 Å². The van der Waals surface area contributed by atoms with Crippen LogP contribution in [0.3, 0.4) is 0 Å². The lowest BCUT2D eigenvalue weighted by Crippen LogP contribution is -2.24. The Bertz CT molecular complexity index is 590. The number of anilines is 1.